The minimum atomic E-state index is 0.541. The summed E-state index contributed by atoms with van der Waals surface area (Å²) in [6.45, 7) is 7.67. The molecule has 2 nitrogen and oxygen atoms in total. The Labute approximate surface area is 89.8 Å². The summed E-state index contributed by atoms with van der Waals surface area (Å²) in [5.74, 6) is 0. The lowest BCUT2D eigenvalue weighted by Crippen LogP contribution is -2.37. The van der Waals surface area contributed by atoms with Crippen LogP contribution in [0.1, 0.15) is 65.7 Å². The molecule has 14 heavy (non-hydrogen) atoms. The van der Waals surface area contributed by atoms with Gasteiger partial charge in [-0.15, -0.1) is 0 Å². The third kappa shape index (κ3) is 11.9. The normalized spacial score (nSPS) is 11.1. The van der Waals surface area contributed by atoms with Crippen LogP contribution in [0, 0.1) is 0 Å². The van der Waals surface area contributed by atoms with Crippen molar-refractivity contribution in [1.29, 1.82) is 0 Å². The van der Waals surface area contributed by atoms with E-state index in [9.17, 15) is 0 Å². The molecule has 0 rings (SSSR count). The number of rotatable bonds is 10. The van der Waals surface area contributed by atoms with Crippen molar-refractivity contribution in [2.75, 3.05) is 6.54 Å². The fourth-order valence-corrected chi connectivity index (χ4v) is 1.45. The van der Waals surface area contributed by atoms with Crippen LogP contribution < -0.4 is 10.9 Å². The lowest BCUT2D eigenvalue weighted by Gasteiger charge is -2.09. The van der Waals surface area contributed by atoms with Crippen molar-refractivity contribution < 1.29 is 0 Å². The van der Waals surface area contributed by atoms with Crippen molar-refractivity contribution >= 4 is 0 Å². The maximum Gasteiger partial charge on any atom is 0.0156 e. The average molecular weight is 200 g/mol. The van der Waals surface area contributed by atoms with Gasteiger partial charge >= 0.3 is 0 Å². The van der Waals surface area contributed by atoms with Crippen LogP contribution in [0.3, 0.4) is 0 Å². The van der Waals surface area contributed by atoms with E-state index in [2.05, 4.69) is 31.6 Å². The van der Waals surface area contributed by atoms with Crippen LogP contribution >= 0.6 is 0 Å². The fraction of sp³-hybridized carbons (Fsp3) is 1.00. The summed E-state index contributed by atoms with van der Waals surface area (Å²) in [5.41, 5.74) is 6.44. The Balaban J connectivity index is 2.85. The second-order valence-corrected chi connectivity index (χ2v) is 4.35. The minimum Gasteiger partial charge on any atom is -0.258 e. The van der Waals surface area contributed by atoms with Gasteiger partial charge in [0, 0.05) is 12.6 Å². The van der Waals surface area contributed by atoms with Crippen molar-refractivity contribution in [2.24, 2.45) is 0 Å². The quantitative estimate of drug-likeness (QED) is 0.418. The summed E-state index contributed by atoms with van der Waals surface area (Å²) in [4.78, 5) is 0. The predicted octanol–water partition coefficient (Wildman–Crippen LogP) is 3.24. The number of hydrogen-bond donors (Lipinski definition) is 2. The Morgan fingerprint density at radius 1 is 0.857 bits per heavy atom. The van der Waals surface area contributed by atoms with E-state index in [-0.39, 0.29) is 0 Å². The van der Waals surface area contributed by atoms with Gasteiger partial charge in [0.1, 0.15) is 0 Å². The van der Waals surface area contributed by atoms with Gasteiger partial charge in [0.25, 0.3) is 0 Å². The first kappa shape index (κ1) is 13.9. The van der Waals surface area contributed by atoms with E-state index in [1.165, 1.54) is 44.9 Å². The SMILES string of the molecule is CCCCCCCCCNNC(C)C. The second kappa shape index (κ2) is 11.0. The van der Waals surface area contributed by atoms with Crippen LogP contribution in [-0.2, 0) is 0 Å². The maximum absolute atomic E-state index is 3.24. The van der Waals surface area contributed by atoms with Crippen molar-refractivity contribution in [3.05, 3.63) is 0 Å². The molecule has 0 saturated carbocycles. The molecule has 0 aliphatic rings. The van der Waals surface area contributed by atoms with E-state index < -0.39 is 0 Å². The minimum absolute atomic E-state index is 0.541. The number of hydrogen-bond acceptors (Lipinski definition) is 2. The van der Waals surface area contributed by atoms with Crippen LogP contribution in [0.5, 0.6) is 0 Å². The lowest BCUT2D eigenvalue weighted by atomic mass is 10.1. The molecule has 0 aromatic rings. The van der Waals surface area contributed by atoms with E-state index in [0.29, 0.717) is 6.04 Å². The molecule has 0 fully saturated rings. The van der Waals surface area contributed by atoms with E-state index in [1.807, 2.05) is 0 Å². The third-order valence-electron chi connectivity index (χ3n) is 2.30. The molecule has 0 spiro atoms. The monoisotopic (exact) mass is 200 g/mol. The van der Waals surface area contributed by atoms with Gasteiger partial charge in [0.05, 0.1) is 0 Å². The van der Waals surface area contributed by atoms with Gasteiger partial charge in [-0.05, 0) is 20.3 Å². The standard InChI is InChI=1S/C12H28N2/c1-4-5-6-7-8-9-10-11-13-14-12(2)3/h12-14H,4-11H2,1-3H3. The lowest BCUT2D eigenvalue weighted by molar-refractivity contribution is 0.456. The van der Waals surface area contributed by atoms with Gasteiger partial charge in [-0.2, -0.15) is 0 Å². The van der Waals surface area contributed by atoms with Gasteiger partial charge in [-0.3, -0.25) is 10.9 Å². The van der Waals surface area contributed by atoms with Crippen molar-refractivity contribution in [3.63, 3.8) is 0 Å². The summed E-state index contributed by atoms with van der Waals surface area (Å²) in [5, 5.41) is 0. The van der Waals surface area contributed by atoms with Crippen LogP contribution in [0.15, 0.2) is 0 Å². The molecule has 0 aromatic carbocycles. The summed E-state index contributed by atoms with van der Waals surface area (Å²) in [7, 11) is 0. The molecule has 0 aromatic heterocycles. The van der Waals surface area contributed by atoms with Gasteiger partial charge in [-0.25, -0.2) is 0 Å². The molecule has 86 valence electrons. The zero-order valence-corrected chi connectivity index (χ0v) is 10.2. The Hall–Kier alpha value is -0.0800. The first-order valence-electron chi connectivity index (χ1n) is 6.25. The number of nitrogens with one attached hydrogen (secondary N) is 2. The first-order valence-corrected chi connectivity index (χ1v) is 6.25. The average Bonchev–Trinajstić information content (AvgIpc) is 2.15. The van der Waals surface area contributed by atoms with Gasteiger partial charge in [0.15, 0.2) is 0 Å². The second-order valence-electron chi connectivity index (χ2n) is 4.35. The van der Waals surface area contributed by atoms with Gasteiger partial charge < -0.3 is 0 Å². The summed E-state index contributed by atoms with van der Waals surface area (Å²) < 4.78 is 0. The molecule has 2 heteroatoms. The highest BCUT2D eigenvalue weighted by Gasteiger charge is 1.92. The number of unbranched alkanes of at least 4 members (excludes halogenated alkanes) is 6. The molecule has 0 heterocycles. The summed E-state index contributed by atoms with van der Waals surface area (Å²) in [6.07, 6.45) is 9.68. The van der Waals surface area contributed by atoms with Crippen LogP contribution in [-0.4, -0.2) is 12.6 Å². The first-order chi connectivity index (χ1) is 6.77. The van der Waals surface area contributed by atoms with E-state index >= 15 is 0 Å². The summed E-state index contributed by atoms with van der Waals surface area (Å²) >= 11 is 0. The summed E-state index contributed by atoms with van der Waals surface area (Å²) in [6, 6.07) is 0.541. The van der Waals surface area contributed by atoms with E-state index in [0.717, 1.165) is 6.54 Å². The third-order valence-corrected chi connectivity index (χ3v) is 2.30. The largest absolute Gasteiger partial charge is 0.258 e. The highest BCUT2D eigenvalue weighted by atomic mass is 15.4. The zero-order chi connectivity index (χ0) is 10.6. The Morgan fingerprint density at radius 2 is 1.43 bits per heavy atom. The molecule has 0 atom stereocenters. The Kier molecular flexibility index (Phi) is 10.9. The number of hydrazine groups is 1. The van der Waals surface area contributed by atoms with Crippen molar-refractivity contribution in [1.82, 2.24) is 10.9 Å². The van der Waals surface area contributed by atoms with Crippen molar-refractivity contribution in [3.8, 4) is 0 Å². The zero-order valence-electron chi connectivity index (χ0n) is 10.2. The smallest absolute Gasteiger partial charge is 0.0156 e. The molecule has 0 unspecified atom stereocenters. The predicted molar refractivity (Wildman–Crippen MR) is 64.3 cm³/mol. The molecule has 2 N–H and O–H groups in total. The van der Waals surface area contributed by atoms with Crippen molar-refractivity contribution in [2.45, 2.75) is 71.8 Å². The topological polar surface area (TPSA) is 24.1 Å². The fourth-order valence-electron chi connectivity index (χ4n) is 1.45. The Morgan fingerprint density at radius 3 is 2.00 bits per heavy atom. The Bertz CT molecular complexity index is 102. The molecule has 0 amide bonds. The van der Waals surface area contributed by atoms with Gasteiger partial charge in [-0.1, -0.05) is 45.4 Å². The van der Waals surface area contributed by atoms with E-state index in [4.69, 9.17) is 0 Å². The molecule has 0 aliphatic heterocycles. The highest BCUT2D eigenvalue weighted by molar-refractivity contribution is 4.49. The van der Waals surface area contributed by atoms with Crippen LogP contribution in [0.4, 0.5) is 0 Å². The van der Waals surface area contributed by atoms with Gasteiger partial charge in [0.2, 0.25) is 0 Å². The maximum atomic E-state index is 3.24. The molecule has 0 radical (unpaired) electrons. The molecular formula is C12H28N2. The van der Waals surface area contributed by atoms with Crippen LogP contribution in [0.25, 0.3) is 0 Å². The van der Waals surface area contributed by atoms with E-state index in [1.54, 1.807) is 0 Å². The van der Waals surface area contributed by atoms with Crippen LogP contribution in [0.2, 0.25) is 0 Å². The molecule has 0 bridgehead atoms. The molecular weight excluding hydrogens is 172 g/mol. The molecule has 0 saturated heterocycles. The molecule has 0 aliphatic carbocycles. The highest BCUT2D eigenvalue weighted by Crippen LogP contribution is 2.05.